The highest BCUT2D eigenvalue weighted by molar-refractivity contribution is 9.09. The zero-order chi connectivity index (χ0) is 27.1. The first-order valence-corrected chi connectivity index (χ1v) is 14.0. The van der Waals surface area contributed by atoms with Gasteiger partial charge in [-0.25, -0.2) is 0 Å². The number of benzene rings is 1. The Labute approximate surface area is 231 Å². The Morgan fingerprint density at radius 1 is 1.38 bits per heavy atom. The van der Waals surface area contributed by atoms with Crippen molar-refractivity contribution in [3.63, 3.8) is 0 Å². The van der Waals surface area contributed by atoms with Crippen LogP contribution in [0.2, 0.25) is 5.02 Å². The lowest BCUT2D eigenvalue weighted by molar-refractivity contribution is -0.155. The zero-order valence-corrected chi connectivity index (χ0v) is 23.7. The number of ether oxygens (including phenoxy) is 2. The summed E-state index contributed by atoms with van der Waals surface area (Å²) in [7, 11) is 0. The van der Waals surface area contributed by atoms with Crippen molar-refractivity contribution in [1.29, 1.82) is 0 Å². The van der Waals surface area contributed by atoms with Crippen LogP contribution in [0.1, 0.15) is 33.6 Å². The molecule has 3 fully saturated rings. The molecule has 1 spiro atoms. The van der Waals surface area contributed by atoms with Crippen LogP contribution in [0.25, 0.3) is 0 Å². The first-order valence-electron chi connectivity index (χ1n) is 12.7. The van der Waals surface area contributed by atoms with Crippen molar-refractivity contribution in [2.24, 2.45) is 17.8 Å². The Kier molecular flexibility index (Phi) is 8.38. The van der Waals surface area contributed by atoms with Crippen LogP contribution in [-0.4, -0.2) is 76.2 Å². The lowest BCUT2D eigenvalue weighted by atomic mass is 9.70. The molecule has 3 unspecified atom stereocenters. The van der Waals surface area contributed by atoms with Crippen molar-refractivity contribution in [3.05, 3.63) is 41.9 Å². The fourth-order valence-electron chi connectivity index (χ4n) is 6.29. The van der Waals surface area contributed by atoms with E-state index in [1.807, 2.05) is 13.8 Å². The minimum absolute atomic E-state index is 0.154. The molecule has 1 aromatic rings. The summed E-state index contributed by atoms with van der Waals surface area (Å²) in [4.78, 5) is 44.5. The van der Waals surface area contributed by atoms with Crippen LogP contribution in [0.4, 0.5) is 5.69 Å². The number of aliphatic hydroxyl groups is 1. The number of amides is 2. The maximum atomic E-state index is 14.5. The Balaban J connectivity index is 1.84. The Morgan fingerprint density at radius 2 is 2.05 bits per heavy atom. The van der Waals surface area contributed by atoms with Gasteiger partial charge in [0.25, 0.3) is 5.91 Å². The molecule has 0 aliphatic carbocycles. The summed E-state index contributed by atoms with van der Waals surface area (Å²) in [5, 5.41) is 10.9. The van der Waals surface area contributed by atoms with Gasteiger partial charge < -0.3 is 24.4 Å². The molecular weight excluding hydrogens is 564 g/mol. The van der Waals surface area contributed by atoms with Gasteiger partial charge in [0.05, 0.1) is 37.2 Å². The second-order valence-electron chi connectivity index (χ2n) is 10.3. The summed E-state index contributed by atoms with van der Waals surface area (Å²) in [5.41, 5.74) is -0.642. The lowest BCUT2D eigenvalue weighted by Crippen LogP contribution is -2.59. The molecule has 2 amide bonds. The van der Waals surface area contributed by atoms with Crippen LogP contribution >= 0.6 is 27.5 Å². The SMILES string of the molecule is C=CCN(C(=O)C1N([C@@H](CO)CC(C)C)C(=O)[C@@H]2[C@H](C(=O)OCC)[C@H]3OC12CC3Br)c1ccc(Cl)cc1. The van der Waals surface area contributed by atoms with Gasteiger partial charge in [-0.05, 0) is 49.9 Å². The van der Waals surface area contributed by atoms with Crippen LogP contribution in [0.15, 0.2) is 36.9 Å². The van der Waals surface area contributed by atoms with E-state index in [1.54, 1.807) is 42.2 Å². The fourth-order valence-corrected chi connectivity index (χ4v) is 7.36. The van der Waals surface area contributed by atoms with E-state index in [-0.39, 0.29) is 42.3 Å². The zero-order valence-electron chi connectivity index (χ0n) is 21.3. The van der Waals surface area contributed by atoms with Crippen molar-refractivity contribution in [1.82, 2.24) is 4.90 Å². The molecule has 4 rings (SSSR count). The number of anilines is 1. The number of hydrogen-bond donors (Lipinski definition) is 1. The minimum Gasteiger partial charge on any atom is -0.466 e. The molecular formula is C27H34BrClN2O6. The predicted octanol–water partition coefficient (Wildman–Crippen LogP) is 3.58. The highest BCUT2D eigenvalue weighted by Crippen LogP contribution is 2.61. The van der Waals surface area contributed by atoms with E-state index in [9.17, 15) is 19.5 Å². The third kappa shape index (κ3) is 4.73. The summed E-state index contributed by atoms with van der Waals surface area (Å²) in [6, 6.07) is 5.20. The first kappa shape index (κ1) is 28.1. The molecule has 1 aromatic carbocycles. The Bertz CT molecular complexity index is 1050. The third-order valence-corrected chi connectivity index (χ3v) is 8.68. The quantitative estimate of drug-likeness (QED) is 0.252. The average Bonchev–Trinajstić information content (AvgIpc) is 3.45. The summed E-state index contributed by atoms with van der Waals surface area (Å²) in [6.45, 7) is 9.57. The van der Waals surface area contributed by atoms with Gasteiger partial charge in [0, 0.05) is 22.1 Å². The van der Waals surface area contributed by atoms with Crippen LogP contribution in [0.3, 0.4) is 0 Å². The Hall–Kier alpha value is -1.94. The maximum absolute atomic E-state index is 14.5. The van der Waals surface area contributed by atoms with Crippen molar-refractivity contribution < 1.29 is 29.0 Å². The van der Waals surface area contributed by atoms with Gasteiger partial charge in [-0.2, -0.15) is 0 Å². The van der Waals surface area contributed by atoms with E-state index < -0.39 is 41.6 Å². The first-order chi connectivity index (χ1) is 17.6. The summed E-state index contributed by atoms with van der Waals surface area (Å²) in [5.74, 6) is -2.78. The number of halogens is 2. The molecule has 3 saturated heterocycles. The molecule has 0 radical (unpaired) electrons. The molecule has 202 valence electrons. The molecule has 3 heterocycles. The molecule has 8 nitrogen and oxygen atoms in total. The molecule has 3 aliphatic rings. The summed E-state index contributed by atoms with van der Waals surface area (Å²) < 4.78 is 11.9. The molecule has 0 saturated carbocycles. The van der Waals surface area contributed by atoms with Gasteiger partial charge in [-0.15, -0.1) is 6.58 Å². The number of esters is 1. The highest BCUT2D eigenvalue weighted by atomic mass is 79.9. The summed E-state index contributed by atoms with van der Waals surface area (Å²) >= 11 is 9.74. The number of rotatable bonds is 10. The minimum atomic E-state index is -1.24. The fraction of sp³-hybridized carbons (Fsp3) is 0.593. The van der Waals surface area contributed by atoms with E-state index in [0.29, 0.717) is 23.6 Å². The molecule has 37 heavy (non-hydrogen) atoms. The molecule has 2 bridgehead atoms. The number of fused-ring (bicyclic) bond motifs is 1. The second-order valence-corrected chi connectivity index (χ2v) is 12.0. The molecule has 1 N–H and O–H groups in total. The molecule has 0 aromatic heterocycles. The van der Waals surface area contributed by atoms with Gasteiger partial charge in [0.15, 0.2) is 0 Å². The molecule has 3 aliphatic heterocycles. The van der Waals surface area contributed by atoms with Crippen LogP contribution in [-0.2, 0) is 23.9 Å². The number of carbonyl (C=O) groups excluding carboxylic acids is 3. The van der Waals surface area contributed by atoms with Crippen molar-refractivity contribution >= 4 is 51.0 Å². The van der Waals surface area contributed by atoms with Crippen LogP contribution < -0.4 is 4.90 Å². The predicted molar refractivity (Wildman–Crippen MR) is 144 cm³/mol. The standard InChI is InChI=1S/C27H34BrClN2O6/c1-5-11-30(17-9-7-16(29)8-10-17)25(34)23-27-13-19(28)22(37-27)20(26(35)36-6-2)21(27)24(33)31(23)18(14-32)12-15(3)4/h5,7-10,15,18-23,32H,1,6,11-14H2,2-4H3/t18-,19?,20+,21+,22+,23?,27?/m1/s1. The molecule has 7 atom stereocenters. The van der Waals surface area contributed by atoms with Gasteiger partial charge in [0.2, 0.25) is 5.91 Å². The number of aliphatic hydroxyl groups excluding tert-OH is 1. The smallest absolute Gasteiger partial charge is 0.312 e. The number of likely N-dealkylation sites (tertiary alicyclic amines) is 1. The number of alkyl halides is 1. The van der Waals surface area contributed by atoms with E-state index >= 15 is 0 Å². The summed E-state index contributed by atoms with van der Waals surface area (Å²) in [6.07, 6.45) is 1.88. The highest BCUT2D eigenvalue weighted by Gasteiger charge is 2.77. The largest absolute Gasteiger partial charge is 0.466 e. The molecule has 10 heteroatoms. The van der Waals surface area contributed by atoms with Gasteiger partial charge >= 0.3 is 5.97 Å². The lowest BCUT2D eigenvalue weighted by Gasteiger charge is -2.39. The van der Waals surface area contributed by atoms with Crippen LogP contribution in [0, 0.1) is 17.8 Å². The van der Waals surface area contributed by atoms with Crippen LogP contribution in [0.5, 0.6) is 0 Å². The average molecular weight is 598 g/mol. The number of carbonyl (C=O) groups is 3. The topological polar surface area (TPSA) is 96.4 Å². The van der Waals surface area contributed by atoms with E-state index in [1.165, 1.54) is 4.90 Å². The second kappa shape index (κ2) is 11.0. The van der Waals surface area contributed by atoms with Gasteiger partial charge in [-0.1, -0.05) is 47.5 Å². The number of nitrogens with zero attached hydrogens (tertiary/aromatic N) is 2. The van der Waals surface area contributed by atoms with Gasteiger partial charge in [-0.3, -0.25) is 14.4 Å². The van der Waals surface area contributed by atoms with Crippen molar-refractivity contribution in [2.45, 2.75) is 62.2 Å². The van der Waals surface area contributed by atoms with Gasteiger partial charge in [0.1, 0.15) is 11.6 Å². The van der Waals surface area contributed by atoms with E-state index in [0.717, 1.165) is 0 Å². The van der Waals surface area contributed by atoms with Crippen molar-refractivity contribution in [3.8, 4) is 0 Å². The van der Waals surface area contributed by atoms with E-state index in [4.69, 9.17) is 21.1 Å². The maximum Gasteiger partial charge on any atom is 0.312 e. The number of hydrogen-bond acceptors (Lipinski definition) is 6. The van der Waals surface area contributed by atoms with Crippen molar-refractivity contribution in [2.75, 3.05) is 24.7 Å². The monoisotopic (exact) mass is 596 g/mol. The van der Waals surface area contributed by atoms with E-state index in [2.05, 4.69) is 22.5 Å². The normalized spacial score (nSPS) is 30.9. The Morgan fingerprint density at radius 3 is 2.62 bits per heavy atom. The third-order valence-electron chi connectivity index (χ3n) is 7.58.